The van der Waals surface area contributed by atoms with Crippen molar-refractivity contribution >= 4 is 8.07 Å². The second-order valence-corrected chi connectivity index (χ2v) is 8.66. The van der Waals surface area contributed by atoms with E-state index in [1.165, 1.54) is 12.1 Å². The molecule has 1 radical (unpaired) electrons. The van der Waals surface area contributed by atoms with E-state index in [0.717, 1.165) is 13.1 Å². The van der Waals surface area contributed by atoms with Crippen LogP contribution in [-0.2, 0) is 0 Å². The largest absolute Gasteiger partial charge is 0.242 e. The van der Waals surface area contributed by atoms with Crippen molar-refractivity contribution in [1.29, 1.82) is 0 Å². The highest BCUT2D eigenvalue weighted by atomic mass is 28.3. The minimum atomic E-state index is -0.684. The molecule has 0 aromatic carbocycles. The summed E-state index contributed by atoms with van der Waals surface area (Å²) in [5.41, 5.74) is 0. The van der Waals surface area contributed by atoms with E-state index in [0.29, 0.717) is 0 Å². The molecule has 0 atom stereocenters. The summed E-state index contributed by atoms with van der Waals surface area (Å²) in [7, 11) is -0.684. The van der Waals surface area contributed by atoms with E-state index in [1.807, 2.05) is 0 Å². The molecule has 47 valence electrons. The van der Waals surface area contributed by atoms with Crippen molar-refractivity contribution in [2.45, 2.75) is 25.2 Å². The van der Waals surface area contributed by atoms with Gasteiger partial charge in [-0.15, -0.1) is 0 Å². The summed E-state index contributed by atoms with van der Waals surface area (Å²) in [6.45, 7) is 7.22. The Morgan fingerprint density at radius 2 is 1.62 bits per heavy atom. The fourth-order valence-corrected chi connectivity index (χ4v) is 2.78. The monoisotopic (exact) mass is 128 g/mol. The SMILES string of the molecule is C[Si]1(C)CC[N]CC1. The Morgan fingerprint density at radius 1 is 1.12 bits per heavy atom. The Morgan fingerprint density at radius 3 is 1.88 bits per heavy atom. The van der Waals surface area contributed by atoms with E-state index in [4.69, 9.17) is 0 Å². The molecule has 0 bridgehead atoms. The molecule has 0 unspecified atom stereocenters. The van der Waals surface area contributed by atoms with Gasteiger partial charge in [-0.1, -0.05) is 13.1 Å². The molecule has 0 spiro atoms. The fraction of sp³-hybridized carbons (Fsp3) is 1.00. The minimum absolute atomic E-state index is 0.684. The van der Waals surface area contributed by atoms with E-state index in [-0.39, 0.29) is 0 Å². The van der Waals surface area contributed by atoms with Crippen molar-refractivity contribution in [2.75, 3.05) is 13.1 Å². The minimum Gasteiger partial charge on any atom is -0.242 e. The van der Waals surface area contributed by atoms with Crippen LogP contribution in [-0.4, -0.2) is 21.2 Å². The Kier molecular flexibility index (Phi) is 1.73. The zero-order valence-electron chi connectivity index (χ0n) is 5.78. The maximum Gasteiger partial charge on any atom is 0.0500 e. The highest BCUT2D eigenvalue weighted by Crippen LogP contribution is 2.16. The fourth-order valence-electron chi connectivity index (χ4n) is 1.00. The summed E-state index contributed by atoms with van der Waals surface area (Å²) in [5, 5.41) is 4.31. The van der Waals surface area contributed by atoms with Crippen LogP contribution in [0.1, 0.15) is 0 Å². The standard InChI is InChI=1S/C6H14NSi/c1-8(2)5-3-7-4-6-8/h3-6H2,1-2H3. The molecule has 0 aromatic rings. The lowest BCUT2D eigenvalue weighted by molar-refractivity contribution is 0.697. The molecule has 8 heavy (non-hydrogen) atoms. The van der Waals surface area contributed by atoms with Crippen LogP contribution in [0.15, 0.2) is 0 Å². The molecule has 1 aliphatic heterocycles. The van der Waals surface area contributed by atoms with Crippen LogP contribution >= 0.6 is 0 Å². The number of nitrogens with zero attached hydrogens (tertiary/aromatic N) is 1. The van der Waals surface area contributed by atoms with Crippen LogP contribution in [0.4, 0.5) is 0 Å². The van der Waals surface area contributed by atoms with E-state index < -0.39 is 8.07 Å². The molecular weight excluding hydrogens is 114 g/mol. The molecule has 1 heterocycles. The summed E-state index contributed by atoms with van der Waals surface area (Å²) in [5.74, 6) is 0. The van der Waals surface area contributed by atoms with Gasteiger partial charge in [0.1, 0.15) is 0 Å². The van der Waals surface area contributed by atoms with Gasteiger partial charge < -0.3 is 0 Å². The normalized spacial score (nSPS) is 27.8. The first-order valence-corrected chi connectivity index (χ1v) is 6.75. The van der Waals surface area contributed by atoms with Gasteiger partial charge >= 0.3 is 0 Å². The molecule has 0 N–H and O–H groups in total. The Labute approximate surface area is 52.5 Å². The zero-order valence-corrected chi connectivity index (χ0v) is 6.78. The molecule has 1 nitrogen and oxygen atoms in total. The van der Waals surface area contributed by atoms with Crippen molar-refractivity contribution in [1.82, 2.24) is 5.32 Å². The third-order valence-electron chi connectivity index (χ3n) is 1.89. The van der Waals surface area contributed by atoms with Gasteiger partial charge in [0.25, 0.3) is 0 Å². The molecule has 0 aromatic heterocycles. The lowest BCUT2D eigenvalue weighted by Gasteiger charge is -2.26. The van der Waals surface area contributed by atoms with Gasteiger partial charge in [-0.25, -0.2) is 5.32 Å². The molecule has 1 rings (SSSR count). The summed E-state index contributed by atoms with van der Waals surface area (Å²) >= 11 is 0. The molecular formula is C6H14NSi. The lowest BCUT2D eigenvalue weighted by atomic mass is 10.6. The smallest absolute Gasteiger partial charge is 0.0500 e. The van der Waals surface area contributed by atoms with Crippen LogP contribution < -0.4 is 5.32 Å². The van der Waals surface area contributed by atoms with Gasteiger partial charge in [-0.05, 0) is 12.1 Å². The molecule has 1 saturated heterocycles. The Balaban J connectivity index is 2.33. The van der Waals surface area contributed by atoms with Crippen molar-refractivity contribution in [3.8, 4) is 0 Å². The average molecular weight is 128 g/mol. The molecule has 0 aliphatic carbocycles. The van der Waals surface area contributed by atoms with Crippen LogP contribution in [0.25, 0.3) is 0 Å². The maximum atomic E-state index is 4.31. The number of hydrogen-bond acceptors (Lipinski definition) is 0. The summed E-state index contributed by atoms with van der Waals surface area (Å²) in [6.07, 6.45) is 0. The van der Waals surface area contributed by atoms with Gasteiger partial charge in [-0.2, -0.15) is 0 Å². The Bertz CT molecular complexity index is 72.6. The van der Waals surface area contributed by atoms with Crippen LogP contribution in [0.2, 0.25) is 25.2 Å². The van der Waals surface area contributed by atoms with Gasteiger partial charge in [-0.3, -0.25) is 0 Å². The highest BCUT2D eigenvalue weighted by molar-refractivity contribution is 6.77. The first kappa shape index (κ1) is 6.30. The molecule has 2 heteroatoms. The van der Waals surface area contributed by atoms with E-state index in [2.05, 4.69) is 18.4 Å². The van der Waals surface area contributed by atoms with Gasteiger partial charge in [0, 0.05) is 21.2 Å². The van der Waals surface area contributed by atoms with Crippen molar-refractivity contribution < 1.29 is 0 Å². The van der Waals surface area contributed by atoms with E-state index in [9.17, 15) is 0 Å². The molecule has 0 amide bonds. The predicted octanol–water partition coefficient (Wildman–Crippen LogP) is 1.31. The number of rotatable bonds is 0. The summed E-state index contributed by atoms with van der Waals surface area (Å²) < 4.78 is 0. The highest BCUT2D eigenvalue weighted by Gasteiger charge is 2.22. The zero-order chi connectivity index (χ0) is 6.04. The molecule has 1 fully saturated rings. The van der Waals surface area contributed by atoms with Crippen molar-refractivity contribution in [2.24, 2.45) is 0 Å². The van der Waals surface area contributed by atoms with E-state index in [1.54, 1.807) is 0 Å². The van der Waals surface area contributed by atoms with Gasteiger partial charge in [0.2, 0.25) is 0 Å². The van der Waals surface area contributed by atoms with Crippen LogP contribution in [0.5, 0.6) is 0 Å². The topological polar surface area (TPSA) is 14.1 Å². The maximum absolute atomic E-state index is 4.31. The van der Waals surface area contributed by atoms with Crippen molar-refractivity contribution in [3.63, 3.8) is 0 Å². The quantitative estimate of drug-likeness (QED) is 0.437. The van der Waals surface area contributed by atoms with Crippen molar-refractivity contribution in [3.05, 3.63) is 0 Å². The summed E-state index contributed by atoms with van der Waals surface area (Å²) in [6, 6.07) is 2.85. The first-order chi connectivity index (χ1) is 3.71. The molecule has 1 aliphatic rings. The van der Waals surface area contributed by atoms with Gasteiger partial charge in [0.15, 0.2) is 0 Å². The van der Waals surface area contributed by atoms with E-state index >= 15 is 0 Å². The third-order valence-corrected chi connectivity index (χ3v) is 5.05. The first-order valence-electron chi connectivity index (χ1n) is 3.34. The summed E-state index contributed by atoms with van der Waals surface area (Å²) in [4.78, 5) is 0. The molecule has 0 saturated carbocycles. The Hall–Kier alpha value is 0.177. The second kappa shape index (κ2) is 2.19. The predicted molar refractivity (Wildman–Crippen MR) is 39.0 cm³/mol. The second-order valence-electron chi connectivity index (χ2n) is 3.34. The van der Waals surface area contributed by atoms with Crippen LogP contribution in [0.3, 0.4) is 0 Å². The third kappa shape index (κ3) is 1.60. The number of hydrogen-bond donors (Lipinski definition) is 0. The van der Waals surface area contributed by atoms with Gasteiger partial charge in [0.05, 0.1) is 0 Å². The lowest BCUT2D eigenvalue weighted by Crippen LogP contribution is -2.36. The average Bonchev–Trinajstić information content (AvgIpc) is 1.65. The van der Waals surface area contributed by atoms with Crippen LogP contribution in [0, 0.1) is 0 Å².